The summed E-state index contributed by atoms with van der Waals surface area (Å²) in [5.74, 6) is 0.748. The third-order valence-electron chi connectivity index (χ3n) is 5.48. The number of hydrogen-bond acceptors (Lipinski definition) is 4. The lowest BCUT2D eigenvalue weighted by molar-refractivity contribution is 0.0867. The van der Waals surface area contributed by atoms with Gasteiger partial charge in [0.15, 0.2) is 5.82 Å². The van der Waals surface area contributed by atoms with E-state index in [1.54, 1.807) is 0 Å². The number of aromatic nitrogens is 3. The van der Waals surface area contributed by atoms with Crippen LogP contribution in [0.4, 0.5) is 0 Å². The SMILES string of the molecule is CCCCOc1nc(-c2ccc(CC)cc2)n(C(=O)C2CC2c2ccccc2)n1. The molecule has 0 N–H and O–H groups in total. The highest BCUT2D eigenvalue weighted by Crippen LogP contribution is 2.48. The molecule has 1 saturated carbocycles. The number of hydrogen-bond donors (Lipinski definition) is 0. The van der Waals surface area contributed by atoms with Gasteiger partial charge in [-0.25, -0.2) is 0 Å². The minimum absolute atomic E-state index is 0.00809. The van der Waals surface area contributed by atoms with Gasteiger partial charge in [0.2, 0.25) is 0 Å². The van der Waals surface area contributed by atoms with Crippen LogP contribution in [0.3, 0.4) is 0 Å². The van der Waals surface area contributed by atoms with Crippen LogP contribution in [-0.4, -0.2) is 27.3 Å². The predicted molar refractivity (Wildman–Crippen MR) is 113 cm³/mol. The van der Waals surface area contributed by atoms with Crippen molar-refractivity contribution in [1.29, 1.82) is 0 Å². The normalized spacial score (nSPS) is 17.9. The summed E-state index contributed by atoms with van der Waals surface area (Å²) in [6, 6.07) is 18.6. The third kappa shape index (κ3) is 4.24. The molecule has 0 radical (unpaired) electrons. The fourth-order valence-electron chi connectivity index (χ4n) is 3.59. The van der Waals surface area contributed by atoms with E-state index in [4.69, 9.17) is 4.74 Å². The molecular weight excluding hydrogens is 362 g/mol. The zero-order valence-corrected chi connectivity index (χ0v) is 17.0. The summed E-state index contributed by atoms with van der Waals surface area (Å²) in [5, 5.41) is 4.42. The average Bonchev–Trinajstić information content (AvgIpc) is 3.46. The van der Waals surface area contributed by atoms with Crippen LogP contribution < -0.4 is 4.74 Å². The number of benzene rings is 2. The Morgan fingerprint density at radius 1 is 1.10 bits per heavy atom. The highest BCUT2D eigenvalue weighted by atomic mass is 16.5. The number of aryl methyl sites for hydroxylation is 1. The van der Waals surface area contributed by atoms with Crippen LogP contribution in [0.2, 0.25) is 0 Å². The molecular formula is C24H27N3O2. The second kappa shape index (κ2) is 8.60. The molecule has 0 aliphatic heterocycles. The van der Waals surface area contributed by atoms with Crippen LogP contribution >= 0.6 is 0 Å². The van der Waals surface area contributed by atoms with Gasteiger partial charge in [-0.3, -0.25) is 4.79 Å². The number of rotatable bonds is 8. The highest BCUT2D eigenvalue weighted by molar-refractivity contribution is 5.87. The van der Waals surface area contributed by atoms with Crippen molar-refractivity contribution < 1.29 is 9.53 Å². The molecule has 2 unspecified atom stereocenters. The molecule has 0 spiro atoms. The smallest absolute Gasteiger partial charge is 0.336 e. The molecule has 5 nitrogen and oxygen atoms in total. The van der Waals surface area contributed by atoms with Gasteiger partial charge in [-0.2, -0.15) is 9.67 Å². The highest BCUT2D eigenvalue weighted by Gasteiger charge is 2.45. The summed E-state index contributed by atoms with van der Waals surface area (Å²) in [5.41, 5.74) is 3.33. The predicted octanol–water partition coefficient (Wildman–Crippen LogP) is 5.13. The summed E-state index contributed by atoms with van der Waals surface area (Å²) in [6.45, 7) is 4.78. The van der Waals surface area contributed by atoms with Crippen molar-refractivity contribution in [1.82, 2.24) is 14.8 Å². The van der Waals surface area contributed by atoms with Crippen molar-refractivity contribution in [2.75, 3.05) is 6.61 Å². The fraction of sp³-hybridized carbons (Fsp3) is 0.375. The van der Waals surface area contributed by atoms with Crippen molar-refractivity contribution in [2.45, 2.75) is 45.4 Å². The van der Waals surface area contributed by atoms with Crippen molar-refractivity contribution in [3.05, 3.63) is 65.7 Å². The zero-order chi connectivity index (χ0) is 20.2. The van der Waals surface area contributed by atoms with E-state index in [-0.39, 0.29) is 23.8 Å². The molecule has 150 valence electrons. The first kappa shape index (κ1) is 19.4. The number of nitrogens with zero attached hydrogens (tertiary/aromatic N) is 3. The molecule has 2 atom stereocenters. The third-order valence-corrected chi connectivity index (χ3v) is 5.48. The van der Waals surface area contributed by atoms with E-state index in [0.29, 0.717) is 12.4 Å². The summed E-state index contributed by atoms with van der Waals surface area (Å²) < 4.78 is 7.15. The monoisotopic (exact) mass is 389 g/mol. The minimum Gasteiger partial charge on any atom is -0.462 e. The topological polar surface area (TPSA) is 57.0 Å². The molecule has 0 saturated heterocycles. The Morgan fingerprint density at radius 3 is 2.55 bits per heavy atom. The van der Waals surface area contributed by atoms with Gasteiger partial charge in [0.05, 0.1) is 6.61 Å². The largest absolute Gasteiger partial charge is 0.462 e. The second-order valence-corrected chi connectivity index (χ2v) is 7.58. The van der Waals surface area contributed by atoms with E-state index in [0.717, 1.165) is 31.2 Å². The molecule has 0 amide bonds. The lowest BCUT2D eigenvalue weighted by atomic mass is 10.1. The Bertz CT molecular complexity index is 964. The minimum atomic E-state index is -0.0590. The van der Waals surface area contributed by atoms with Crippen molar-refractivity contribution in [3.8, 4) is 17.4 Å². The van der Waals surface area contributed by atoms with Crippen LogP contribution in [-0.2, 0) is 6.42 Å². The summed E-state index contributed by atoms with van der Waals surface area (Å²) in [7, 11) is 0. The Labute approximate surface area is 171 Å². The van der Waals surface area contributed by atoms with Crippen LogP contribution in [0.15, 0.2) is 54.6 Å². The van der Waals surface area contributed by atoms with Crippen molar-refractivity contribution in [2.24, 2.45) is 5.92 Å². The Morgan fingerprint density at radius 2 is 1.86 bits per heavy atom. The zero-order valence-electron chi connectivity index (χ0n) is 17.0. The van der Waals surface area contributed by atoms with Crippen LogP contribution in [0.25, 0.3) is 11.4 Å². The van der Waals surface area contributed by atoms with E-state index in [9.17, 15) is 4.79 Å². The van der Waals surface area contributed by atoms with Gasteiger partial charge in [0, 0.05) is 11.5 Å². The molecule has 5 heteroatoms. The molecule has 1 heterocycles. The van der Waals surface area contributed by atoms with Gasteiger partial charge < -0.3 is 4.74 Å². The molecule has 1 fully saturated rings. The molecule has 1 aliphatic carbocycles. The van der Waals surface area contributed by atoms with E-state index >= 15 is 0 Å². The Kier molecular flexibility index (Phi) is 5.74. The maximum absolute atomic E-state index is 13.3. The van der Waals surface area contributed by atoms with E-state index < -0.39 is 0 Å². The standard InChI is InChI=1S/C24H27N3O2/c1-3-5-15-29-24-25-22(19-13-11-17(4-2)12-14-19)27(26-24)23(28)21-16-20(21)18-9-7-6-8-10-18/h6-14,20-21H,3-5,15-16H2,1-2H3. The van der Waals surface area contributed by atoms with Gasteiger partial charge in [0.1, 0.15) is 0 Å². The van der Waals surface area contributed by atoms with Gasteiger partial charge in [-0.1, -0.05) is 74.9 Å². The Balaban J connectivity index is 1.61. The van der Waals surface area contributed by atoms with Crippen LogP contribution in [0.5, 0.6) is 6.01 Å². The first-order valence-corrected chi connectivity index (χ1v) is 10.5. The summed E-state index contributed by atoms with van der Waals surface area (Å²) >= 11 is 0. The van der Waals surface area contributed by atoms with E-state index in [2.05, 4.69) is 48.2 Å². The number of carbonyl (C=O) groups excluding carboxylic acids is 1. The molecule has 0 bridgehead atoms. The molecule has 1 aromatic heterocycles. The van der Waals surface area contributed by atoms with Crippen LogP contribution in [0.1, 0.15) is 54.9 Å². The molecule has 2 aromatic carbocycles. The molecule has 29 heavy (non-hydrogen) atoms. The maximum atomic E-state index is 13.3. The average molecular weight is 389 g/mol. The van der Waals surface area contributed by atoms with Crippen molar-refractivity contribution in [3.63, 3.8) is 0 Å². The fourth-order valence-corrected chi connectivity index (χ4v) is 3.59. The quantitative estimate of drug-likeness (QED) is 0.501. The summed E-state index contributed by atoms with van der Waals surface area (Å²) in [4.78, 5) is 17.8. The van der Waals surface area contributed by atoms with Gasteiger partial charge >= 0.3 is 6.01 Å². The first-order chi connectivity index (χ1) is 14.2. The van der Waals surface area contributed by atoms with Crippen LogP contribution in [0, 0.1) is 5.92 Å². The maximum Gasteiger partial charge on any atom is 0.336 e. The lowest BCUT2D eigenvalue weighted by Crippen LogP contribution is -2.17. The number of carbonyl (C=O) groups is 1. The molecule has 3 aromatic rings. The summed E-state index contributed by atoms with van der Waals surface area (Å²) in [6.07, 6.45) is 3.79. The molecule has 4 rings (SSSR count). The first-order valence-electron chi connectivity index (χ1n) is 10.5. The second-order valence-electron chi connectivity index (χ2n) is 7.58. The van der Waals surface area contributed by atoms with E-state index in [1.807, 2.05) is 30.3 Å². The van der Waals surface area contributed by atoms with Gasteiger partial charge in [-0.05, 0) is 36.3 Å². The molecule has 1 aliphatic rings. The van der Waals surface area contributed by atoms with Gasteiger partial charge in [0.25, 0.3) is 5.91 Å². The van der Waals surface area contributed by atoms with Crippen molar-refractivity contribution >= 4 is 5.91 Å². The number of unbranched alkanes of at least 4 members (excludes halogenated alkanes) is 1. The van der Waals surface area contributed by atoms with Gasteiger partial charge in [-0.15, -0.1) is 5.10 Å². The van der Waals surface area contributed by atoms with E-state index in [1.165, 1.54) is 15.8 Å². The lowest BCUT2D eigenvalue weighted by Gasteiger charge is -2.05. The Hall–Kier alpha value is -2.95. The number of ether oxygens (including phenoxy) is 1.